The highest BCUT2D eigenvalue weighted by molar-refractivity contribution is 7.89. The van der Waals surface area contributed by atoms with Crippen molar-refractivity contribution in [2.75, 3.05) is 5.32 Å². The molecule has 0 aliphatic carbocycles. The Kier molecular flexibility index (Phi) is 3.92. The van der Waals surface area contributed by atoms with Crippen LogP contribution >= 0.6 is 11.6 Å². The highest BCUT2D eigenvalue weighted by Crippen LogP contribution is 2.23. The van der Waals surface area contributed by atoms with Gasteiger partial charge in [0.1, 0.15) is 12.1 Å². The molecule has 0 fully saturated rings. The van der Waals surface area contributed by atoms with Crippen molar-refractivity contribution in [1.82, 2.24) is 19.7 Å². The van der Waals surface area contributed by atoms with E-state index in [1.54, 1.807) is 24.0 Å². The molecule has 3 rings (SSSR count). The molecule has 23 heavy (non-hydrogen) atoms. The van der Waals surface area contributed by atoms with Crippen LogP contribution in [0.5, 0.6) is 0 Å². The van der Waals surface area contributed by atoms with Gasteiger partial charge in [-0.15, -0.1) is 0 Å². The fourth-order valence-corrected chi connectivity index (χ4v) is 2.98. The average Bonchev–Trinajstić information content (AvgIpc) is 2.87. The van der Waals surface area contributed by atoms with Crippen molar-refractivity contribution < 1.29 is 8.42 Å². The zero-order valence-electron chi connectivity index (χ0n) is 12.1. The van der Waals surface area contributed by atoms with E-state index in [0.29, 0.717) is 23.0 Å². The summed E-state index contributed by atoms with van der Waals surface area (Å²) in [5.74, 6) is 0.620. The number of benzene rings is 1. The lowest BCUT2D eigenvalue weighted by Crippen LogP contribution is -2.12. The molecule has 3 N–H and O–H groups in total. The van der Waals surface area contributed by atoms with Gasteiger partial charge in [0.25, 0.3) is 0 Å². The van der Waals surface area contributed by atoms with Crippen LogP contribution in [0.2, 0.25) is 5.02 Å². The Labute approximate surface area is 137 Å². The van der Waals surface area contributed by atoms with E-state index in [1.165, 1.54) is 18.5 Å². The van der Waals surface area contributed by atoms with E-state index in [2.05, 4.69) is 20.4 Å². The summed E-state index contributed by atoms with van der Waals surface area (Å²) in [6.07, 6.45) is 3.11. The number of rotatable bonds is 4. The summed E-state index contributed by atoms with van der Waals surface area (Å²) < 4.78 is 24.3. The molecule has 0 radical (unpaired) electrons. The zero-order valence-corrected chi connectivity index (χ0v) is 13.6. The van der Waals surface area contributed by atoms with Gasteiger partial charge in [0.2, 0.25) is 10.0 Å². The van der Waals surface area contributed by atoms with Gasteiger partial charge in [-0.25, -0.2) is 23.5 Å². The molecular formula is C13H13ClN6O2S. The third-order valence-electron chi connectivity index (χ3n) is 3.33. The number of sulfonamides is 1. The largest absolute Gasteiger partial charge is 0.365 e. The number of anilines is 1. The van der Waals surface area contributed by atoms with Crippen LogP contribution in [0.1, 0.15) is 5.56 Å². The van der Waals surface area contributed by atoms with Crippen molar-refractivity contribution in [2.45, 2.75) is 11.4 Å². The second-order valence-corrected chi connectivity index (χ2v) is 6.85. The quantitative estimate of drug-likeness (QED) is 0.730. The molecule has 0 aliphatic rings. The Morgan fingerprint density at radius 2 is 2.13 bits per heavy atom. The molecule has 0 unspecified atom stereocenters. The first kappa shape index (κ1) is 15.7. The van der Waals surface area contributed by atoms with Crippen LogP contribution in [0.4, 0.5) is 5.82 Å². The summed E-state index contributed by atoms with van der Waals surface area (Å²) >= 11 is 6.11. The molecule has 0 atom stereocenters. The van der Waals surface area contributed by atoms with Gasteiger partial charge in [0, 0.05) is 18.6 Å². The van der Waals surface area contributed by atoms with Gasteiger partial charge in [-0.05, 0) is 17.7 Å². The second kappa shape index (κ2) is 5.76. The Hall–Kier alpha value is -2.23. The number of hydrogen-bond acceptors (Lipinski definition) is 6. The number of primary sulfonamides is 1. The van der Waals surface area contributed by atoms with Gasteiger partial charge in [-0.1, -0.05) is 17.7 Å². The molecule has 0 aliphatic heterocycles. The van der Waals surface area contributed by atoms with Crippen LogP contribution in [0.15, 0.2) is 35.6 Å². The van der Waals surface area contributed by atoms with E-state index < -0.39 is 10.0 Å². The predicted molar refractivity (Wildman–Crippen MR) is 86.5 cm³/mol. The van der Waals surface area contributed by atoms with Crippen molar-refractivity contribution in [3.8, 4) is 0 Å². The van der Waals surface area contributed by atoms with Gasteiger partial charge >= 0.3 is 0 Å². The summed E-state index contributed by atoms with van der Waals surface area (Å²) in [6.45, 7) is 0.366. The summed E-state index contributed by atoms with van der Waals surface area (Å²) in [6, 6.07) is 4.35. The first-order chi connectivity index (χ1) is 10.9. The number of nitrogens with one attached hydrogen (secondary N) is 1. The van der Waals surface area contributed by atoms with Crippen LogP contribution in [0.25, 0.3) is 11.0 Å². The van der Waals surface area contributed by atoms with E-state index >= 15 is 0 Å². The topological polar surface area (TPSA) is 116 Å². The van der Waals surface area contributed by atoms with Crippen LogP contribution in [0, 0.1) is 0 Å². The van der Waals surface area contributed by atoms with Crippen LogP contribution < -0.4 is 10.5 Å². The molecule has 0 amide bonds. The number of hydrogen-bond donors (Lipinski definition) is 2. The zero-order chi connectivity index (χ0) is 16.6. The van der Waals surface area contributed by atoms with E-state index in [4.69, 9.17) is 16.7 Å². The molecule has 2 aromatic heterocycles. The number of aryl methyl sites for hydroxylation is 1. The predicted octanol–water partition coefficient (Wildman–Crippen LogP) is 1.28. The number of halogens is 1. The third kappa shape index (κ3) is 3.11. The van der Waals surface area contributed by atoms with Crippen LogP contribution in [-0.2, 0) is 23.6 Å². The van der Waals surface area contributed by atoms with Gasteiger partial charge in [0.15, 0.2) is 5.65 Å². The lowest BCUT2D eigenvalue weighted by molar-refractivity contribution is 0.598. The summed E-state index contributed by atoms with van der Waals surface area (Å²) in [4.78, 5) is 8.32. The molecule has 0 bridgehead atoms. The fourth-order valence-electron chi connectivity index (χ4n) is 2.13. The van der Waals surface area contributed by atoms with E-state index in [1.807, 2.05) is 0 Å². The van der Waals surface area contributed by atoms with Crippen molar-refractivity contribution in [3.63, 3.8) is 0 Å². The van der Waals surface area contributed by atoms with Gasteiger partial charge < -0.3 is 5.32 Å². The molecule has 3 aromatic rings. The molecular weight excluding hydrogens is 340 g/mol. The number of nitrogens with zero attached hydrogens (tertiary/aromatic N) is 4. The maximum atomic E-state index is 11.3. The highest BCUT2D eigenvalue weighted by atomic mass is 35.5. The Morgan fingerprint density at radius 1 is 1.35 bits per heavy atom. The summed E-state index contributed by atoms with van der Waals surface area (Å²) in [5, 5.41) is 13.4. The van der Waals surface area contributed by atoms with E-state index in [0.717, 1.165) is 10.9 Å². The smallest absolute Gasteiger partial charge is 0.238 e. The Bertz CT molecular complexity index is 985. The van der Waals surface area contributed by atoms with Crippen molar-refractivity contribution in [3.05, 3.63) is 41.3 Å². The fraction of sp³-hybridized carbons (Fsp3) is 0.154. The second-order valence-electron chi connectivity index (χ2n) is 4.88. The normalized spacial score (nSPS) is 11.8. The lowest BCUT2D eigenvalue weighted by Gasteiger charge is -2.09. The summed E-state index contributed by atoms with van der Waals surface area (Å²) in [5.41, 5.74) is 1.42. The van der Waals surface area contributed by atoms with Crippen molar-refractivity contribution in [1.29, 1.82) is 0 Å². The summed E-state index contributed by atoms with van der Waals surface area (Å²) in [7, 11) is -1.98. The maximum absolute atomic E-state index is 11.3. The van der Waals surface area contributed by atoms with Gasteiger partial charge in [0.05, 0.1) is 16.5 Å². The number of nitrogens with two attached hydrogens (primary N) is 1. The Balaban J connectivity index is 1.85. The van der Waals surface area contributed by atoms with Crippen LogP contribution in [-0.4, -0.2) is 28.2 Å². The lowest BCUT2D eigenvalue weighted by atomic mass is 10.2. The minimum absolute atomic E-state index is 0.0251. The first-order valence-corrected chi connectivity index (χ1v) is 8.46. The third-order valence-corrected chi connectivity index (χ3v) is 4.59. The molecule has 8 nitrogen and oxygen atoms in total. The van der Waals surface area contributed by atoms with Crippen LogP contribution in [0.3, 0.4) is 0 Å². The number of aromatic nitrogens is 4. The minimum Gasteiger partial charge on any atom is -0.365 e. The Morgan fingerprint density at radius 3 is 2.83 bits per heavy atom. The monoisotopic (exact) mass is 352 g/mol. The maximum Gasteiger partial charge on any atom is 0.238 e. The molecule has 0 spiro atoms. The average molecular weight is 353 g/mol. The van der Waals surface area contributed by atoms with Gasteiger partial charge in [-0.2, -0.15) is 5.10 Å². The molecule has 10 heteroatoms. The minimum atomic E-state index is -3.77. The van der Waals surface area contributed by atoms with E-state index in [9.17, 15) is 8.42 Å². The molecule has 2 heterocycles. The van der Waals surface area contributed by atoms with Crippen molar-refractivity contribution in [2.24, 2.45) is 12.2 Å². The number of fused-ring (bicyclic) bond motifs is 1. The molecule has 0 saturated heterocycles. The first-order valence-electron chi connectivity index (χ1n) is 6.54. The molecule has 0 saturated carbocycles. The standard InChI is InChI=1S/C13H13ClN6O2S/c1-20-13-10(6-19-20)12(17-7-18-13)16-5-8-2-3-9(4-11(8)14)23(15,21)22/h2-4,6-7H,5H2,1H3,(H2,15,21,22)(H,16,17,18). The molecule has 1 aromatic carbocycles. The van der Waals surface area contributed by atoms with Crippen molar-refractivity contribution >= 4 is 38.5 Å². The SMILES string of the molecule is Cn1ncc2c(NCc3ccc(S(N)(=O)=O)cc3Cl)ncnc21. The highest BCUT2D eigenvalue weighted by Gasteiger charge is 2.12. The van der Waals surface area contributed by atoms with Gasteiger partial charge in [-0.3, -0.25) is 4.68 Å². The van der Waals surface area contributed by atoms with E-state index in [-0.39, 0.29) is 4.90 Å². The molecule has 120 valence electrons.